The normalized spacial score (nSPS) is 18.8. The number of carbonyl (C=O) groups excluding carboxylic acids is 1. The fraction of sp³-hybridized carbons (Fsp3) is 0.650. The Morgan fingerprint density at radius 1 is 0.880 bits per heavy atom. The van der Waals surface area contributed by atoms with E-state index in [4.69, 9.17) is 0 Å². The molecule has 5 heteroatoms. The molecule has 140 valence electrons. The Morgan fingerprint density at radius 2 is 1.36 bits per heavy atom. The van der Waals surface area contributed by atoms with Gasteiger partial charge in [-0.1, -0.05) is 18.2 Å². The van der Waals surface area contributed by atoms with Gasteiger partial charge in [0.25, 0.3) is 0 Å². The van der Waals surface area contributed by atoms with Crippen molar-refractivity contribution in [1.29, 1.82) is 0 Å². The lowest BCUT2D eigenvalue weighted by atomic mass is 10.3. The van der Waals surface area contributed by atoms with Crippen molar-refractivity contribution in [3.8, 4) is 0 Å². The summed E-state index contributed by atoms with van der Waals surface area (Å²) in [5, 5.41) is 3.00. The molecule has 0 radical (unpaired) electrons. The van der Waals surface area contributed by atoms with Gasteiger partial charge >= 0.3 is 0 Å². The van der Waals surface area contributed by atoms with Crippen molar-refractivity contribution in [2.24, 2.45) is 0 Å². The van der Waals surface area contributed by atoms with E-state index in [1.807, 2.05) is 30.3 Å². The highest BCUT2D eigenvalue weighted by molar-refractivity contribution is 5.92. The maximum Gasteiger partial charge on any atom is 0.238 e. The summed E-state index contributed by atoms with van der Waals surface area (Å²) in [5.74, 6) is 0.0673. The lowest BCUT2D eigenvalue weighted by molar-refractivity contribution is -0.117. The van der Waals surface area contributed by atoms with Crippen LogP contribution in [-0.2, 0) is 4.79 Å². The topological polar surface area (TPSA) is 38.8 Å². The lowest BCUT2D eigenvalue weighted by Crippen LogP contribution is -2.42. The van der Waals surface area contributed by atoms with E-state index in [-0.39, 0.29) is 5.91 Å². The van der Waals surface area contributed by atoms with Crippen LogP contribution in [-0.4, -0.2) is 78.5 Å². The smallest absolute Gasteiger partial charge is 0.238 e. The summed E-state index contributed by atoms with van der Waals surface area (Å²) < 4.78 is 0. The minimum absolute atomic E-state index is 0.0673. The molecule has 1 N–H and O–H groups in total. The van der Waals surface area contributed by atoms with E-state index in [0.29, 0.717) is 18.6 Å². The second kappa shape index (κ2) is 9.90. The van der Waals surface area contributed by atoms with Gasteiger partial charge in [-0.05, 0) is 39.8 Å². The summed E-state index contributed by atoms with van der Waals surface area (Å²) in [5.41, 5.74) is 0.865. The van der Waals surface area contributed by atoms with Crippen molar-refractivity contribution in [2.45, 2.75) is 39.8 Å². The van der Waals surface area contributed by atoms with Crippen LogP contribution in [0.4, 0.5) is 5.69 Å². The van der Waals surface area contributed by atoms with Crippen LogP contribution < -0.4 is 5.32 Å². The Morgan fingerprint density at radius 3 is 1.84 bits per heavy atom. The summed E-state index contributed by atoms with van der Waals surface area (Å²) in [4.78, 5) is 19.7. The fourth-order valence-electron chi connectivity index (χ4n) is 3.25. The maximum absolute atomic E-state index is 12.4. The van der Waals surface area contributed by atoms with Gasteiger partial charge in [0.2, 0.25) is 5.91 Å². The van der Waals surface area contributed by atoms with Gasteiger partial charge in [0.15, 0.2) is 0 Å². The number of amides is 1. The van der Waals surface area contributed by atoms with Gasteiger partial charge in [0, 0.05) is 57.0 Å². The maximum atomic E-state index is 12.4. The first-order valence-corrected chi connectivity index (χ1v) is 9.51. The molecule has 1 aromatic carbocycles. The monoisotopic (exact) mass is 346 g/mol. The Balaban J connectivity index is 1.96. The minimum atomic E-state index is 0.0673. The number of hydrogen-bond acceptors (Lipinski definition) is 4. The molecule has 0 unspecified atom stereocenters. The number of anilines is 1. The first kappa shape index (κ1) is 19.9. The highest BCUT2D eigenvalue weighted by atomic mass is 16.2. The van der Waals surface area contributed by atoms with E-state index < -0.39 is 0 Å². The van der Waals surface area contributed by atoms with Gasteiger partial charge in [0.1, 0.15) is 0 Å². The van der Waals surface area contributed by atoms with Crippen molar-refractivity contribution >= 4 is 11.6 Å². The molecule has 5 nitrogen and oxygen atoms in total. The van der Waals surface area contributed by atoms with Crippen LogP contribution >= 0.6 is 0 Å². The SMILES string of the molecule is CC(C)N1CCN(CC(=O)Nc2ccccc2)CCN(C(C)C)CC1. The minimum Gasteiger partial charge on any atom is -0.325 e. The third-order valence-corrected chi connectivity index (χ3v) is 4.97. The molecule has 0 saturated carbocycles. The van der Waals surface area contributed by atoms with Crippen molar-refractivity contribution in [3.63, 3.8) is 0 Å². The Hall–Kier alpha value is -1.43. The van der Waals surface area contributed by atoms with Crippen LogP contribution in [0.2, 0.25) is 0 Å². The average Bonchev–Trinajstić information content (AvgIpc) is 2.66. The van der Waals surface area contributed by atoms with Crippen LogP contribution in [0, 0.1) is 0 Å². The highest BCUT2D eigenvalue weighted by Gasteiger charge is 2.20. The molecule has 0 spiro atoms. The number of rotatable bonds is 5. The molecule has 2 rings (SSSR count). The van der Waals surface area contributed by atoms with Gasteiger partial charge in [0.05, 0.1) is 6.54 Å². The predicted octanol–water partition coefficient (Wildman–Crippen LogP) is 2.36. The quantitative estimate of drug-likeness (QED) is 0.888. The molecule has 0 aromatic heterocycles. The van der Waals surface area contributed by atoms with Crippen molar-refractivity contribution < 1.29 is 4.79 Å². The third kappa shape index (κ3) is 6.77. The van der Waals surface area contributed by atoms with Crippen molar-refractivity contribution in [2.75, 3.05) is 51.1 Å². The van der Waals surface area contributed by atoms with Crippen molar-refractivity contribution in [1.82, 2.24) is 14.7 Å². The molecule has 0 bridgehead atoms. The molecular formula is C20H34N4O. The summed E-state index contributed by atoms with van der Waals surface area (Å²) in [6, 6.07) is 10.8. The number of carbonyl (C=O) groups is 1. The molecule has 0 aliphatic carbocycles. The van der Waals surface area contributed by atoms with E-state index in [2.05, 4.69) is 47.7 Å². The summed E-state index contributed by atoms with van der Waals surface area (Å²) >= 11 is 0. The van der Waals surface area contributed by atoms with Gasteiger partial charge in [-0.3, -0.25) is 19.5 Å². The van der Waals surface area contributed by atoms with Gasteiger partial charge in [-0.2, -0.15) is 0 Å². The molecule has 1 aliphatic heterocycles. The molecule has 1 amide bonds. The molecular weight excluding hydrogens is 312 g/mol. The Bertz CT molecular complexity index is 498. The molecule has 25 heavy (non-hydrogen) atoms. The number of hydrogen-bond donors (Lipinski definition) is 1. The second-order valence-electron chi connectivity index (χ2n) is 7.45. The molecule has 1 fully saturated rings. The largest absolute Gasteiger partial charge is 0.325 e. The van der Waals surface area contributed by atoms with Crippen LogP contribution in [0.25, 0.3) is 0 Å². The summed E-state index contributed by atoms with van der Waals surface area (Å²) in [6.07, 6.45) is 0. The van der Waals surface area contributed by atoms with E-state index in [0.717, 1.165) is 45.0 Å². The third-order valence-electron chi connectivity index (χ3n) is 4.97. The number of nitrogens with one attached hydrogen (secondary N) is 1. The lowest BCUT2D eigenvalue weighted by Gasteiger charge is -2.30. The zero-order chi connectivity index (χ0) is 18.2. The first-order valence-electron chi connectivity index (χ1n) is 9.51. The van der Waals surface area contributed by atoms with Crippen molar-refractivity contribution in [3.05, 3.63) is 30.3 Å². The zero-order valence-electron chi connectivity index (χ0n) is 16.2. The van der Waals surface area contributed by atoms with Crippen LogP contribution in [0.3, 0.4) is 0 Å². The summed E-state index contributed by atoms with van der Waals surface area (Å²) in [7, 11) is 0. The molecule has 1 heterocycles. The predicted molar refractivity (Wildman–Crippen MR) is 105 cm³/mol. The van der Waals surface area contributed by atoms with E-state index in [1.54, 1.807) is 0 Å². The van der Waals surface area contributed by atoms with Gasteiger partial charge in [-0.25, -0.2) is 0 Å². The first-order chi connectivity index (χ1) is 12.0. The number of nitrogens with zero attached hydrogens (tertiary/aromatic N) is 3. The Kier molecular flexibility index (Phi) is 7.88. The van der Waals surface area contributed by atoms with E-state index in [1.165, 1.54) is 0 Å². The fourth-order valence-corrected chi connectivity index (χ4v) is 3.25. The molecule has 1 saturated heterocycles. The Labute approximate surface area is 153 Å². The van der Waals surface area contributed by atoms with Gasteiger partial charge in [-0.15, -0.1) is 0 Å². The molecule has 1 aromatic rings. The summed E-state index contributed by atoms with van der Waals surface area (Å²) in [6.45, 7) is 15.6. The van der Waals surface area contributed by atoms with Crippen LogP contribution in [0.15, 0.2) is 30.3 Å². The standard InChI is InChI=1S/C20H34N4O/c1-17(2)23-12-10-22(11-13-24(15-14-23)18(3)4)16-20(25)21-19-8-6-5-7-9-19/h5-9,17-18H,10-16H2,1-4H3,(H,21,25). The van der Waals surface area contributed by atoms with E-state index in [9.17, 15) is 4.79 Å². The highest BCUT2D eigenvalue weighted by Crippen LogP contribution is 2.08. The van der Waals surface area contributed by atoms with Crippen LogP contribution in [0.5, 0.6) is 0 Å². The zero-order valence-corrected chi connectivity index (χ0v) is 16.2. The van der Waals surface area contributed by atoms with Gasteiger partial charge < -0.3 is 5.32 Å². The molecule has 0 atom stereocenters. The number of para-hydroxylation sites is 1. The average molecular weight is 347 g/mol. The second-order valence-corrected chi connectivity index (χ2v) is 7.45. The van der Waals surface area contributed by atoms with E-state index >= 15 is 0 Å². The molecule has 1 aliphatic rings. The van der Waals surface area contributed by atoms with Crippen LogP contribution in [0.1, 0.15) is 27.7 Å². The number of benzene rings is 1.